The minimum atomic E-state index is -0.416. The van der Waals surface area contributed by atoms with Crippen molar-refractivity contribution >= 4 is 21.8 Å². The van der Waals surface area contributed by atoms with E-state index in [1.807, 2.05) is 0 Å². The smallest absolute Gasteiger partial charge is 0.237 e. The van der Waals surface area contributed by atoms with Gasteiger partial charge in [-0.25, -0.2) is 0 Å². The molecule has 2 aliphatic rings. The van der Waals surface area contributed by atoms with Gasteiger partial charge >= 0.3 is 0 Å². The van der Waals surface area contributed by atoms with Crippen LogP contribution in [0.3, 0.4) is 0 Å². The largest absolute Gasteiger partial charge is 0.381 e. The molecule has 3 N–H and O–H groups in total. The van der Waals surface area contributed by atoms with Crippen LogP contribution in [0.4, 0.5) is 0 Å². The first kappa shape index (κ1) is 16.9. The van der Waals surface area contributed by atoms with Gasteiger partial charge in [-0.1, -0.05) is 34.5 Å². The number of benzene rings is 1. The summed E-state index contributed by atoms with van der Waals surface area (Å²) in [5.41, 5.74) is 7.57. The van der Waals surface area contributed by atoms with E-state index in [1.54, 1.807) is 0 Å². The molecule has 1 amide bonds. The van der Waals surface area contributed by atoms with E-state index >= 15 is 0 Å². The zero-order chi connectivity index (χ0) is 16.3. The molecule has 126 valence electrons. The molecule has 3 rings (SSSR count). The summed E-state index contributed by atoms with van der Waals surface area (Å²) in [6.07, 6.45) is 5.24. The third-order valence-corrected chi connectivity index (χ3v) is 5.97. The molecule has 0 bridgehead atoms. The minimum absolute atomic E-state index is 0.0136. The molecule has 0 aromatic heterocycles. The van der Waals surface area contributed by atoms with Crippen molar-refractivity contribution in [1.82, 2.24) is 5.32 Å². The molecule has 23 heavy (non-hydrogen) atoms. The van der Waals surface area contributed by atoms with Crippen LogP contribution >= 0.6 is 15.9 Å². The minimum Gasteiger partial charge on any atom is -0.381 e. The maximum absolute atomic E-state index is 12.4. The molecule has 1 saturated heterocycles. The standard InChI is InChI=1S/C18H25BrN2O2/c19-15-4-2-14(3-5-15)18(8-1-9-18)12-21-17(22)16(20)13-6-10-23-11-7-13/h2-5,13,16H,1,6-12,20H2,(H,21,22). The summed E-state index contributed by atoms with van der Waals surface area (Å²) in [6.45, 7) is 2.12. The van der Waals surface area contributed by atoms with Gasteiger partial charge in [0.25, 0.3) is 0 Å². The Morgan fingerprint density at radius 1 is 1.30 bits per heavy atom. The Labute approximate surface area is 146 Å². The van der Waals surface area contributed by atoms with Gasteiger partial charge < -0.3 is 15.8 Å². The Morgan fingerprint density at radius 3 is 2.52 bits per heavy atom. The highest BCUT2D eigenvalue weighted by atomic mass is 79.9. The quantitative estimate of drug-likeness (QED) is 0.825. The Bertz CT molecular complexity index is 536. The number of nitrogens with one attached hydrogen (secondary N) is 1. The molecule has 4 nitrogen and oxygen atoms in total. The van der Waals surface area contributed by atoms with E-state index in [2.05, 4.69) is 45.5 Å². The number of carbonyl (C=O) groups excluding carboxylic acids is 1. The van der Waals surface area contributed by atoms with Crippen molar-refractivity contribution in [2.45, 2.75) is 43.6 Å². The number of nitrogens with two attached hydrogens (primary N) is 1. The van der Waals surface area contributed by atoms with Gasteiger partial charge in [0.1, 0.15) is 0 Å². The number of halogens is 1. The highest BCUT2D eigenvalue weighted by molar-refractivity contribution is 9.10. The Kier molecular flexibility index (Phi) is 5.39. The van der Waals surface area contributed by atoms with E-state index in [0.29, 0.717) is 19.8 Å². The highest BCUT2D eigenvalue weighted by Crippen LogP contribution is 2.43. The lowest BCUT2D eigenvalue weighted by atomic mass is 9.64. The van der Waals surface area contributed by atoms with E-state index in [1.165, 1.54) is 12.0 Å². The second kappa shape index (κ2) is 7.32. The molecule has 1 aliphatic heterocycles. The number of carbonyl (C=O) groups is 1. The van der Waals surface area contributed by atoms with E-state index in [-0.39, 0.29) is 17.2 Å². The molecule has 1 aliphatic carbocycles. The average Bonchev–Trinajstić information content (AvgIpc) is 2.55. The van der Waals surface area contributed by atoms with Crippen LogP contribution in [-0.4, -0.2) is 31.7 Å². The second-order valence-corrected chi connectivity index (χ2v) is 7.75. The van der Waals surface area contributed by atoms with Crippen molar-refractivity contribution in [2.75, 3.05) is 19.8 Å². The average molecular weight is 381 g/mol. The Morgan fingerprint density at radius 2 is 1.96 bits per heavy atom. The van der Waals surface area contributed by atoms with Crippen molar-refractivity contribution in [3.63, 3.8) is 0 Å². The van der Waals surface area contributed by atoms with Crippen LogP contribution in [0.25, 0.3) is 0 Å². The number of amides is 1. The first-order valence-electron chi connectivity index (χ1n) is 8.48. The SMILES string of the molecule is NC(C(=O)NCC1(c2ccc(Br)cc2)CCC1)C1CCOCC1. The molecule has 0 spiro atoms. The molecule has 1 saturated carbocycles. The van der Waals surface area contributed by atoms with Crippen molar-refractivity contribution < 1.29 is 9.53 Å². The highest BCUT2D eigenvalue weighted by Gasteiger charge is 2.39. The van der Waals surface area contributed by atoms with E-state index in [9.17, 15) is 4.79 Å². The van der Waals surface area contributed by atoms with Crippen LogP contribution in [-0.2, 0) is 14.9 Å². The third kappa shape index (κ3) is 3.78. The molecule has 2 fully saturated rings. The molecular formula is C18H25BrN2O2. The summed E-state index contributed by atoms with van der Waals surface area (Å²) in [5.74, 6) is 0.231. The van der Waals surface area contributed by atoms with E-state index < -0.39 is 6.04 Å². The van der Waals surface area contributed by atoms with Gasteiger partial charge in [0.2, 0.25) is 5.91 Å². The lowest BCUT2D eigenvalue weighted by Gasteiger charge is -2.43. The zero-order valence-corrected chi connectivity index (χ0v) is 15.0. The van der Waals surface area contributed by atoms with Crippen molar-refractivity contribution in [2.24, 2.45) is 11.7 Å². The number of ether oxygens (including phenoxy) is 1. The predicted octanol–water partition coefficient (Wildman–Crippen LogP) is 2.74. The summed E-state index contributed by atoms with van der Waals surface area (Å²) in [4.78, 5) is 12.4. The first-order valence-corrected chi connectivity index (χ1v) is 9.27. The lowest BCUT2D eigenvalue weighted by molar-refractivity contribution is -0.124. The fourth-order valence-corrected chi connectivity index (χ4v) is 3.90. The molecule has 1 heterocycles. The predicted molar refractivity (Wildman–Crippen MR) is 94.2 cm³/mol. The Balaban J connectivity index is 1.59. The van der Waals surface area contributed by atoms with Crippen LogP contribution in [0.5, 0.6) is 0 Å². The fraction of sp³-hybridized carbons (Fsp3) is 0.611. The molecule has 1 unspecified atom stereocenters. The summed E-state index contributed by atoms with van der Waals surface area (Å²) < 4.78 is 6.43. The molecule has 1 aromatic carbocycles. The topological polar surface area (TPSA) is 64.4 Å². The molecule has 0 radical (unpaired) electrons. The first-order chi connectivity index (χ1) is 11.1. The molecule has 1 aromatic rings. The van der Waals surface area contributed by atoms with Crippen molar-refractivity contribution in [1.29, 1.82) is 0 Å². The number of rotatable bonds is 5. The van der Waals surface area contributed by atoms with E-state index in [4.69, 9.17) is 10.5 Å². The number of hydrogen-bond donors (Lipinski definition) is 2. The Hall–Kier alpha value is -0.910. The van der Waals surface area contributed by atoms with Crippen LogP contribution in [0.2, 0.25) is 0 Å². The molecule has 1 atom stereocenters. The second-order valence-electron chi connectivity index (χ2n) is 6.83. The number of hydrogen-bond acceptors (Lipinski definition) is 3. The zero-order valence-electron chi connectivity index (χ0n) is 13.4. The van der Waals surface area contributed by atoms with Crippen LogP contribution in [0.1, 0.15) is 37.7 Å². The van der Waals surface area contributed by atoms with Gasteiger partial charge in [-0.05, 0) is 49.3 Å². The maximum atomic E-state index is 12.4. The lowest BCUT2D eigenvalue weighted by Crippen LogP contribution is -2.52. The van der Waals surface area contributed by atoms with Gasteiger partial charge in [0.05, 0.1) is 6.04 Å². The van der Waals surface area contributed by atoms with Crippen molar-refractivity contribution in [3.05, 3.63) is 34.3 Å². The monoisotopic (exact) mass is 380 g/mol. The van der Waals surface area contributed by atoms with E-state index in [0.717, 1.165) is 30.2 Å². The van der Waals surface area contributed by atoms with Gasteiger partial charge in [-0.15, -0.1) is 0 Å². The third-order valence-electron chi connectivity index (χ3n) is 5.44. The van der Waals surface area contributed by atoms with Crippen LogP contribution in [0.15, 0.2) is 28.7 Å². The van der Waals surface area contributed by atoms with Crippen LogP contribution in [0, 0.1) is 5.92 Å². The van der Waals surface area contributed by atoms with Gasteiger partial charge in [0, 0.05) is 29.6 Å². The fourth-order valence-electron chi connectivity index (χ4n) is 3.64. The van der Waals surface area contributed by atoms with Gasteiger partial charge in [-0.2, -0.15) is 0 Å². The summed E-state index contributed by atoms with van der Waals surface area (Å²) in [7, 11) is 0. The normalized spacial score (nSPS) is 22.2. The van der Waals surface area contributed by atoms with Gasteiger partial charge in [-0.3, -0.25) is 4.79 Å². The molecular weight excluding hydrogens is 356 g/mol. The van der Waals surface area contributed by atoms with Crippen LogP contribution < -0.4 is 11.1 Å². The summed E-state index contributed by atoms with van der Waals surface area (Å²) in [5, 5.41) is 3.12. The molecule has 5 heteroatoms. The van der Waals surface area contributed by atoms with Gasteiger partial charge in [0.15, 0.2) is 0 Å². The summed E-state index contributed by atoms with van der Waals surface area (Å²) in [6, 6.07) is 8.05. The van der Waals surface area contributed by atoms with Crippen molar-refractivity contribution in [3.8, 4) is 0 Å². The maximum Gasteiger partial charge on any atom is 0.237 e. The summed E-state index contributed by atoms with van der Waals surface area (Å²) >= 11 is 3.48.